The van der Waals surface area contributed by atoms with Gasteiger partial charge < -0.3 is 14.6 Å². The lowest BCUT2D eigenvalue weighted by Gasteiger charge is -2.20. The van der Waals surface area contributed by atoms with Crippen molar-refractivity contribution in [3.8, 4) is 11.8 Å². The van der Waals surface area contributed by atoms with Crippen LogP contribution in [0.1, 0.15) is 39.8 Å². The van der Waals surface area contributed by atoms with Crippen LogP contribution in [0.4, 0.5) is 0 Å². The zero-order valence-electron chi connectivity index (χ0n) is 21.3. The van der Waals surface area contributed by atoms with Crippen LogP contribution >= 0.6 is 11.8 Å². The van der Waals surface area contributed by atoms with Crippen LogP contribution in [0.25, 0.3) is 21.8 Å². The first-order valence-corrected chi connectivity index (χ1v) is 13.8. The van der Waals surface area contributed by atoms with Gasteiger partial charge in [0.15, 0.2) is 0 Å². The van der Waals surface area contributed by atoms with Gasteiger partial charge in [-0.25, -0.2) is 4.98 Å². The number of hydrogen-bond acceptors (Lipinski definition) is 5. The standard InChI is InChI=1S/C31H28N4O2S/c1-37-26-13-14-27-29(18-26)35(20-22-9-10-23-5-3-4-6-25(23)17-22)30(33-27)28(15-16-38-2)34-31(36)24-11-7-21(19-32)8-12-24/h3-14,17-18,28H,15-16,20H2,1-2H3,(H,34,36). The van der Waals surface area contributed by atoms with E-state index < -0.39 is 0 Å². The SMILES string of the molecule is COc1ccc2nc(C(CCSC)NC(=O)c3ccc(C#N)cc3)n(Cc3ccc4ccccc4c3)c2c1. The molecule has 0 aliphatic heterocycles. The number of nitrogens with one attached hydrogen (secondary N) is 1. The fraction of sp³-hybridized carbons (Fsp3) is 0.194. The largest absolute Gasteiger partial charge is 0.497 e. The van der Waals surface area contributed by atoms with E-state index in [0.29, 0.717) is 17.7 Å². The Labute approximate surface area is 226 Å². The lowest BCUT2D eigenvalue weighted by molar-refractivity contribution is 0.0933. The molecule has 0 aliphatic rings. The summed E-state index contributed by atoms with van der Waals surface area (Å²) in [7, 11) is 1.66. The highest BCUT2D eigenvalue weighted by Gasteiger charge is 2.23. The number of nitrogens with zero attached hydrogens (tertiary/aromatic N) is 3. The van der Waals surface area contributed by atoms with Crippen molar-refractivity contribution >= 4 is 39.5 Å². The third kappa shape index (κ3) is 5.36. The van der Waals surface area contributed by atoms with Crippen molar-refractivity contribution in [3.05, 3.63) is 107 Å². The number of nitriles is 1. The molecule has 190 valence electrons. The minimum absolute atomic E-state index is 0.192. The molecule has 7 heteroatoms. The van der Waals surface area contributed by atoms with E-state index in [0.717, 1.165) is 40.3 Å². The van der Waals surface area contributed by atoms with Crippen LogP contribution in [-0.2, 0) is 6.54 Å². The fourth-order valence-corrected chi connectivity index (χ4v) is 5.11. The molecule has 0 spiro atoms. The van der Waals surface area contributed by atoms with Gasteiger partial charge in [0.1, 0.15) is 11.6 Å². The number of ether oxygens (including phenoxy) is 1. The van der Waals surface area contributed by atoms with E-state index in [1.807, 2.05) is 30.3 Å². The molecule has 0 fully saturated rings. The molecule has 6 nitrogen and oxygen atoms in total. The number of carbonyl (C=O) groups is 1. The molecule has 1 amide bonds. The highest BCUT2D eigenvalue weighted by Crippen LogP contribution is 2.29. The Bertz CT molecular complexity index is 1640. The second kappa shape index (κ2) is 11.4. The summed E-state index contributed by atoms with van der Waals surface area (Å²) in [6.07, 6.45) is 2.78. The normalized spacial score (nSPS) is 11.8. The van der Waals surface area contributed by atoms with E-state index >= 15 is 0 Å². The third-order valence-electron chi connectivity index (χ3n) is 6.64. The Hall–Kier alpha value is -4.28. The second-order valence-electron chi connectivity index (χ2n) is 9.09. The molecule has 38 heavy (non-hydrogen) atoms. The number of fused-ring (bicyclic) bond motifs is 2. The zero-order chi connectivity index (χ0) is 26.5. The van der Waals surface area contributed by atoms with Crippen LogP contribution in [0.5, 0.6) is 5.75 Å². The molecule has 0 bridgehead atoms. The van der Waals surface area contributed by atoms with Crippen molar-refractivity contribution in [2.24, 2.45) is 0 Å². The van der Waals surface area contributed by atoms with Crippen molar-refractivity contribution < 1.29 is 9.53 Å². The number of amides is 1. The summed E-state index contributed by atoms with van der Waals surface area (Å²) in [5, 5.41) is 14.7. The Morgan fingerprint density at radius 3 is 2.58 bits per heavy atom. The van der Waals surface area contributed by atoms with Crippen molar-refractivity contribution in [2.75, 3.05) is 19.1 Å². The summed E-state index contributed by atoms with van der Waals surface area (Å²) in [5.41, 5.74) is 3.98. The quantitative estimate of drug-likeness (QED) is 0.245. The average Bonchev–Trinajstić information content (AvgIpc) is 3.32. The van der Waals surface area contributed by atoms with Gasteiger partial charge in [-0.1, -0.05) is 36.4 Å². The second-order valence-corrected chi connectivity index (χ2v) is 10.1. The summed E-state index contributed by atoms with van der Waals surface area (Å²) >= 11 is 1.73. The molecule has 1 N–H and O–H groups in total. The van der Waals surface area contributed by atoms with Gasteiger partial charge in [-0.05, 0) is 77.2 Å². The van der Waals surface area contributed by atoms with Crippen LogP contribution in [-0.4, -0.2) is 34.6 Å². The Morgan fingerprint density at radius 1 is 1.05 bits per heavy atom. The molecule has 1 unspecified atom stereocenters. The molecule has 1 heterocycles. The molecule has 4 aromatic carbocycles. The summed E-state index contributed by atoms with van der Waals surface area (Å²) in [6, 6.07) is 29.2. The van der Waals surface area contributed by atoms with Gasteiger partial charge in [-0.15, -0.1) is 0 Å². The maximum atomic E-state index is 13.3. The van der Waals surface area contributed by atoms with E-state index in [-0.39, 0.29) is 11.9 Å². The molecule has 0 saturated heterocycles. The van der Waals surface area contributed by atoms with Crippen LogP contribution in [0, 0.1) is 11.3 Å². The maximum absolute atomic E-state index is 13.3. The Balaban J connectivity index is 1.56. The third-order valence-corrected chi connectivity index (χ3v) is 7.29. The number of hydrogen-bond donors (Lipinski definition) is 1. The molecule has 0 aliphatic carbocycles. The van der Waals surface area contributed by atoms with Crippen LogP contribution in [0.3, 0.4) is 0 Å². The number of imidazole rings is 1. The Kier molecular flexibility index (Phi) is 7.62. The average molecular weight is 521 g/mol. The van der Waals surface area contributed by atoms with Crippen LogP contribution in [0.2, 0.25) is 0 Å². The first kappa shape index (κ1) is 25.4. The summed E-state index contributed by atoms with van der Waals surface area (Å²) in [6.45, 7) is 0.604. The van der Waals surface area contributed by atoms with Gasteiger partial charge in [-0.2, -0.15) is 17.0 Å². The number of thioether (sulfide) groups is 1. The van der Waals surface area contributed by atoms with Crippen molar-refractivity contribution in [2.45, 2.75) is 19.0 Å². The zero-order valence-corrected chi connectivity index (χ0v) is 22.2. The number of rotatable bonds is 9. The van der Waals surface area contributed by atoms with Crippen molar-refractivity contribution in [1.29, 1.82) is 5.26 Å². The molecule has 5 aromatic rings. The van der Waals surface area contributed by atoms with E-state index in [1.54, 1.807) is 43.1 Å². The first-order chi connectivity index (χ1) is 18.6. The minimum atomic E-state index is -0.301. The van der Waals surface area contributed by atoms with Crippen molar-refractivity contribution in [1.82, 2.24) is 14.9 Å². The minimum Gasteiger partial charge on any atom is -0.497 e. The van der Waals surface area contributed by atoms with Crippen LogP contribution in [0.15, 0.2) is 84.9 Å². The molecule has 0 radical (unpaired) electrons. The van der Waals surface area contributed by atoms with E-state index in [1.165, 1.54) is 10.8 Å². The van der Waals surface area contributed by atoms with Gasteiger partial charge in [0.05, 0.1) is 35.8 Å². The van der Waals surface area contributed by atoms with Crippen molar-refractivity contribution in [3.63, 3.8) is 0 Å². The monoisotopic (exact) mass is 520 g/mol. The predicted molar refractivity (Wildman–Crippen MR) is 154 cm³/mol. The molecule has 1 atom stereocenters. The van der Waals surface area contributed by atoms with E-state index in [4.69, 9.17) is 15.0 Å². The van der Waals surface area contributed by atoms with Gasteiger partial charge >= 0.3 is 0 Å². The summed E-state index contributed by atoms with van der Waals surface area (Å²) < 4.78 is 7.71. The van der Waals surface area contributed by atoms with Gasteiger partial charge in [0, 0.05) is 18.2 Å². The molecule has 0 saturated carbocycles. The number of methoxy groups -OCH3 is 1. The lowest BCUT2D eigenvalue weighted by atomic mass is 10.1. The molecule has 5 rings (SSSR count). The lowest BCUT2D eigenvalue weighted by Crippen LogP contribution is -2.31. The smallest absolute Gasteiger partial charge is 0.251 e. The predicted octanol–water partition coefficient (Wildman–Crippen LogP) is 6.34. The maximum Gasteiger partial charge on any atom is 0.251 e. The molecule has 1 aromatic heterocycles. The summed E-state index contributed by atoms with van der Waals surface area (Å²) in [4.78, 5) is 18.3. The number of carbonyl (C=O) groups excluding carboxylic acids is 1. The number of aromatic nitrogens is 2. The first-order valence-electron chi connectivity index (χ1n) is 12.4. The van der Waals surface area contributed by atoms with Gasteiger partial charge in [-0.3, -0.25) is 4.79 Å². The van der Waals surface area contributed by atoms with E-state index in [2.05, 4.69) is 52.5 Å². The fourth-order valence-electron chi connectivity index (χ4n) is 4.64. The van der Waals surface area contributed by atoms with Gasteiger partial charge in [0.25, 0.3) is 5.91 Å². The van der Waals surface area contributed by atoms with E-state index in [9.17, 15) is 4.79 Å². The highest BCUT2D eigenvalue weighted by molar-refractivity contribution is 7.98. The summed E-state index contributed by atoms with van der Waals surface area (Å²) in [5.74, 6) is 2.23. The molecular formula is C31H28N4O2S. The molecular weight excluding hydrogens is 492 g/mol. The van der Waals surface area contributed by atoms with Gasteiger partial charge in [0.2, 0.25) is 0 Å². The highest BCUT2D eigenvalue weighted by atomic mass is 32.2. The Morgan fingerprint density at radius 2 is 1.84 bits per heavy atom. The van der Waals surface area contributed by atoms with Crippen LogP contribution < -0.4 is 10.1 Å². The number of benzene rings is 4. The topological polar surface area (TPSA) is 79.9 Å².